The summed E-state index contributed by atoms with van der Waals surface area (Å²) < 4.78 is 0.999. The number of pyridine rings is 1. The Kier molecular flexibility index (Phi) is 3.59. The first-order valence-corrected chi connectivity index (χ1v) is 6.33. The zero-order valence-electron chi connectivity index (χ0n) is 9.32. The van der Waals surface area contributed by atoms with Crippen molar-refractivity contribution in [2.75, 3.05) is 18.0 Å². The summed E-state index contributed by atoms with van der Waals surface area (Å²) in [6.45, 7) is 3.46. The van der Waals surface area contributed by atoms with Crippen LogP contribution in [0.5, 0.6) is 0 Å². The van der Waals surface area contributed by atoms with Crippen molar-refractivity contribution in [2.45, 2.75) is 19.8 Å². The van der Waals surface area contributed by atoms with Gasteiger partial charge in [-0.1, -0.05) is 0 Å². The Bertz CT molecular complexity index is 394. The Labute approximate surface area is 104 Å². The van der Waals surface area contributed by atoms with Gasteiger partial charge in [0.25, 0.3) is 0 Å². The molecule has 3 nitrogen and oxygen atoms in total. The lowest BCUT2D eigenvalue weighted by Gasteiger charge is -2.32. The van der Waals surface area contributed by atoms with Crippen LogP contribution in [-0.4, -0.2) is 23.9 Å². The largest absolute Gasteiger partial charge is 0.355 e. The van der Waals surface area contributed by atoms with E-state index in [1.54, 1.807) is 13.1 Å². The number of hydrogen-bond acceptors (Lipinski definition) is 3. The number of carbonyl (C=O) groups excluding carboxylic acids is 1. The van der Waals surface area contributed by atoms with Crippen LogP contribution in [0.1, 0.15) is 19.8 Å². The fourth-order valence-corrected chi connectivity index (χ4v) is 2.62. The molecule has 0 aliphatic carbocycles. The first kappa shape index (κ1) is 11.6. The van der Waals surface area contributed by atoms with Gasteiger partial charge < -0.3 is 4.90 Å². The molecule has 1 atom stereocenters. The predicted octanol–water partition coefficient (Wildman–Crippen LogP) is 2.65. The molecule has 1 aromatic rings. The number of Topliss-reactive ketones (excluding diaryl/α,β-unsaturated/α-hetero) is 1. The van der Waals surface area contributed by atoms with Gasteiger partial charge in [-0.2, -0.15) is 0 Å². The number of hydrogen-bond donors (Lipinski definition) is 0. The van der Waals surface area contributed by atoms with E-state index < -0.39 is 0 Å². The van der Waals surface area contributed by atoms with Gasteiger partial charge in [0.2, 0.25) is 0 Å². The van der Waals surface area contributed by atoms with Gasteiger partial charge in [0.05, 0.1) is 4.47 Å². The molecule has 1 aliphatic heterocycles. The maximum absolute atomic E-state index is 11.4. The highest BCUT2D eigenvalue weighted by Crippen LogP contribution is 2.27. The number of rotatable bonds is 2. The topological polar surface area (TPSA) is 33.2 Å². The SMILES string of the molecule is CC(=O)C1CCCN(c2ncccc2Br)C1. The fourth-order valence-electron chi connectivity index (χ4n) is 2.11. The average Bonchev–Trinajstić information content (AvgIpc) is 2.30. The molecule has 0 spiro atoms. The van der Waals surface area contributed by atoms with Gasteiger partial charge in [-0.05, 0) is 47.8 Å². The number of ketones is 1. The summed E-state index contributed by atoms with van der Waals surface area (Å²) in [5, 5.41) is 0. The third-order valence-electron chi connectivity index (χ3n) is 3.03. The number of aromatic nitrogens is 1. The second kappa shape index (κ2) is 4.95. The van der Waals surface area contributed by atoms with Gasteiger partial charge in [-0.3, -0.25) is 4.79 Å². The van der Waals surface area contributed by atoms with Crippen LogP contribution in [-0.2, 0) is 4.79 Å². The summed E-state index contributed by atoms with van der Waals surface area (Å²) in [5.74, 6) is 1.41. The van der Waals surface area contributed by atoms with E-state index in [1.807, 2.05) is 12.1 Å². The number of nitrogens with zero attached hydrogens (tertiary/aromatic N) is 2. The van der Waals surface area contributed by atoms with E-state index in [4.69, 9.17) is 0 Å². The summed E-state index contributed by atoms with van der Waals surface area (Å²) in [4.78, 5) is 18.0. The number of halogens is 1. The van der Waals surface area contributed by atoms with Gasteiger partial charge in [-0.15, -0.1) is 0 Å². The maximum atomic E-state index is 11.4. The van der Waals surface area contributed by atoms with Crippen LogP contribution in [0.4, 0.5) is 5.82 Å². The molecule has 0 aromatic carbocycles. The molecule has 1 unspecified atom stereocenters. The first-order valence-electron chi connectivity index (χ1n) is 5.54. The molecule has 2 heterocycles. The van der Waals surface area contributed by atoms with Gasteiger partial charge in [0.1, 0.15) is 11.6 Å². The molecule has 0 bridgehead atoms. The molecular weight excluding hydrogens is 268 g/mol. The fraction of sp³-hybridized carbons (Fsp3) is 0.500. The van der Waals surface area contributed by atoms with Gasteiger partial charge in [-0.25, -0.2) is 4.98 Å². The number of anilines is 1. The summed E-state index contributed by atoms with van der Waals surface area (Å²) in [6.07, 6.45) is 3.86. The molecule has 16 heavy (non-hydrogen) atoms. The molecular formula is C12H15BrN2O. The van der Waals surface area contributed by atoms with Crippen molar-refractivity contribution < 1.29 is 4.79 Å². The smallest absolute Gasteiger partial charge is 0.142 e. The highest BCUT2D eigenvalue weighted by Gasteiger charge is 2.24. The molecule has 0 amide bonds. The van der Waals surface area contributed by atoms with Crippen LogP contribution in [0.3, 0.4) is 0 Å². The second-order valence-electron chi connectivity index (χ2n) is 4.20. The van der Waals surface area contributed by atoms with Crippen LogP contribution in [0, 0.1) is 5.92 Å². The summed E-state index contributed by atoms with van der Waals surface area (Å²) in [7, 11) is 0. The standard InChI is InChI=1S/C12H15BrN2O/c1-9(16)10-4-3-7-15(8-10)12-11(13)5-2-6-14-12/h2,5-6,10H,3-4,7-8H2,1H3. The lowest BCUT2D eigenvalue weighted by molar-refractivity contribution is -0.120. The van der Waals surface area contributed by atoms with Crippen LogP contribution < -0.4 is 4.90 Å². The van der Waals surface area contributed by atoms with Crippen molar-refractivity contribution in [2.24, 2.45) is 5.92 Å². The quantitative estimate of drug-likeness (QED) is 0.836. The van der Waals surface area contributed by atoms with Crippen LogP contribution in [0.15, 0.2) is 22.8 Å². The molecule has 0 radical (unpaired) electrons. The normalized spacial score (nSPS) is 20.9. The summed E-state index contributed by atoms with van der Waals surface area (Å²) in [5.41, 5.74) is 0. The van der Waals surface area contributed by atoms with Crippen molar-refractivity contribution in [3.05, 3.63) is 22.8 Å². The monoisotopic (exact) mass is 282 g/mol. The zero-order chi connectivity index (χ0) is 11.5. The first-order chi connectivity index (χ1) is 7.68. The minimum atomic E-state index is 0.169. The van der Waals surface area contributed by atoms with E-state index >= 15 is 0 Å². The van der Waals surface area contributed by atoms with Crippen molar-refractivity contribution in [1.29, 1.82) is 0 Å². The summed E-state index contributed by atoms with van der Waals surface area (Å²) >= 11 is 3.50. The Morgan fingerprint density at radius 3 is 3.12 bits per heavy atom. The minimum absolute atomic E-state index is 0.169. The Morgan fingerprint density at radius 1 is 1.62 bits per heavy atom. The molecule has 0 saturated carbocycles. The molecule has 1 aliphatic rings. The van der Waals surface area contributed by atoms with Crippen molar-refractivity contribution in [3.8, 4) is 0 Å². The Morgan fingerprint density at radius 2 is 2.44 bits per heavy atom. The van der Waals surface area contributed by atoms with E-state index in [1.165, 1.54) is 0 Å². The van der Waals surface area contributed by atoms with E-state index in [0.717, 1.165) is 36.2 Å². The average molecular weight is 283 g/mol. The molecule has 1 fully saturated rings. The Hall–Kier alpha value is -0.900. The zero-order valence-corrected chi connectivity index (χ0v) is 10.9. The van der Waals surface area contributed by atoms with E-state index in [0.29, 0.717) is 0 Å². The van der Waals surface area contributed by atoms with Crippen molar-refractivity contribution in [3.63, 3.8) is 0 Å². The highest BCUT2D eigenvalue weighted by atomic mass is 79.9. The molecule has 1 saturated heterocycles. The third-order valence-corrected chi connectivity index (χ3v) is 3.65. The third kappa shape index (κ3) is 2.43. The molecule has 86 valence electrons. The van der Waals surface area contributed by atoms with Crippen LogP contribution in [0.25, 0.3) is 0 Å². The summed E-state index contributed by atoms with van der Waals surface area (Å²) in [6, 6.07) is 3.89. The van der Waals surface area contributed by atoms with E-state index in [9.17, 15) is 4.79 Å². The van der Waals surface area contributed by atoms with Crippen LogP contribution >= 0.6 is 15.9 Å². The van der Waals surface area contributed by atoms with Crippen molar-refractivity contribution in [1.82, 2.24) is 4.98 Å². The molecule has 4 heteroatoms. The van der Waals surface area contributed by atoms with Crippen LogP contribution in [0.2, 0.25) is 0 Å². The van der Waals surface area contributed by atoms with Gasteiger partial charge >= 0.3 is 0 Å². The number of carbonyl (C=O) groups is 1. The predicted molar refractivity (Wildman–Crippen MR) is 67.6 cm³/mol. The molecule has 1 aromatic heterocycles. The maximum Gasteiger partial charge on any atom is 0.142 e. The van der Waals surface area contributed by atoms with Crippen molar-refractivity contribution >= 4 is 27.5 Å². The van der Waals surface area contributed by atoms with E-state index in [2.05, 4.69) is 25.8 Å². The van der Waals surface area contributed by atoms with Gasteiger partial charge in [0, 0.05) is 25.2 Å². The Balaban J connectivity index is 2.16. The minimum Gasteiger partial charge on any atom is -0.355 e. The molecule has 2 rings (SSSR count). The second-order valence-corrected chi connectivity index (χ2v) is 5.06. The number of piperidine rings is 1. The highest BCUT2D eigenvalue weighted by molar-refractivity contribution is 9.10. The van der Waals surface area contributed by atoms with E-state index in [-0.39, 0.29) is 11.7 Å². The molecule has 0 N–H and O–H groups in total. The lowest BCUT2D eigenvalue weighted by Crippen LogP contribution is -2.38. The van der Waals surface area contributed by atoms with Gasteiger partial charge in [0.15, 0.2) is 0 Å². The lowest BCUT2D eigenvalue weighted by atomic mass is 9.95.